The van der Waals surface area contributed by atoms with Crippen LogP contribution in [-0.2, 0) is 16.6 Å². The summed E-state index contributed by atoms with van der Waals surface area (Å²) in [6, 6.07) is 12.1. The number of nitrogens with one attached hydrogen (secondary N) is 1. The highest BCUT2D eigenvalue weighted by atomic mass is 32.2. The molecule has 0 spiro atoms. The fourth-order valence-electron chi connectivity index (χ4n) is 4.49. The second kappa shape index (κ2) is 10.1. The van der Waals surface area contributed by atoms with E-state index in [1.54, 1.807) is 17.0 Å². The van der Waals surface area contributed by atoms with E-state index < -0.39 is 26.9 Å². The van der Waals surface area contributed by atoms with Crippen molar-refractivity contribution in [2.45, 2.75) is 24.6 Å². The molecule has 3 heterocycles. The maximum atomic E-state index is 14.7. The van der Waals surface area contributed by atoms with Crippen LogP contribution in [0.1, 0.15) is 12.8 Å². The minimum Gasteiger partial charge on any atom is -0.308 e. The molecule has 0 radical (unpaired) electrons. The van der Waals surface area contributed by atoms with Crippen LogP contribution in [0.5, 0.6) is 0 Å². The van der Waals surface area contributed by atoms with Crippen molar-refractivity contribution < 1.29 is 17.2 Å². The number of fused-ring (bicyclic) bond motifs is 1. The summed E-state index contributed by atoms with van der Waals surface area (Å²) in [5.74, 6) is -1.09. The number of anilines is 1. The van der Waals surface area contributed by atoms with Crippen LogP contribution < -0.4 is 4.72 Å². The molecule has 0 atom stereocenters. The highest BCUT2D eigenvalue weighted by molar-refractivity contribution is 7.93. The van der Waals surface area contributed by atoms with Crippen molar-refractivity contribution >= 4 is 26.9 Å². The maximum absolute atomic E-state index is 14.7. The SMILES string of the molecule is CN(C)CCn1cc(-c2ccc3c(c2)ncn3-c2cc(-c3ccc(F)cc3F)cc(NS(=O)(=O)C3CC3)n2)cn1. The van der Waals surface area contributed by atoms with Gasteiger partial charge in [0.2, 0.25) is 10.0 Å². The lowest BCUT2D eigenvalue weighted by atomic mass is 10.1. The molecule has 206 valence electrons. The molecule has 0 amide bonds. The van der Waals surface area contributed by atoms with Gasteiger partial charge in [0.05, 0.1) is 29.0 Å². The van der Waals surface area contributed by atoms with Crippen molar-refractivity contribution in [3.8, 4) is 28.1 Å². The van der Waals surface area contributed by atoms with Crippen molar-refractivity contribution in [2.24, 2.45) is 0 Å². The zero-order valence-electron chi connectivity index (χ0n) is 21.9. The second-order valence-electron chi connectivity index (χ2n) is 10.2. The molecule has 1 aliphatic rings. The number of likely N-dealkylation sites (N-methyl/N-ethyl adjacent to an activating group) is 1. The summed E-state index contributed by atoms with van der Waals surface area (Å²) in [5, 5.41) is 3.98. The Morgan fingerprint density at radius 1 is 1.02 bits per heavy atom. The Bertz CT molecular complexity index is 1830. The molecular formula is C28H27F2N7O2S. The van der Waals surface area contributed by atoms with Gasteiger partial charge in [-0.25, -0.2) is 27.2 Å². The van der Waals surface area contributed by atoms with Gasteiger partial charge in [-0.3, -0.25) is 14.0 Å². The Labute approximate surface area is 230 Å². The minimum absolute atomic E-state index is 0.0479. The molecule has 40 heavy (non-hydrogen) atoms. The Hall–Kier alpha value is -4.16. The quantitative estimate of drug-likeness (QED) is 0.279. The van der Waals surface area contributed by atoms with Crippen molar-refractivity contribution in [3.05, 3.63) is 78.9 Å². The summed E-state index contributed by atoms with van der Waals surface area (Å²) in [6.45, 7) is 1.64. The standard InChI is InChI=1S/C28H27F2N7O2S/c1-35(2)9-10-36-16-20(15-32-36)18-3-8-26-25(11-18)31-17-37(26)28-13-19(23-7-4-21(29)14-24(23)30)12-27(33-28)34-40(38,39)22-5-6-22/h3-4,7-8,11-17,22H,5-6,9-10H2,1-2H3,(H,33,34). The maximum Gasteiger partial charge on any atom is 0.236 e. The lowest BCUT2D eigenvalue weighted by Gasteiger charge is -2.13. The third-order valence-corrected chi connectivity index (χ3v) is 8.64. The average molecular weight is 564 g/mol. The zero-order chi connectivity index (χ0) is 28.0. The fourth-order valence-corrected chi connectivity index (χ4v) is 5.81. The van der Waals surface area contributed by atoms with Crippen molar-refractivity contribution in [1.82, 2.24) is 29.2 Å². The number of sulfonamides is 1. The zero-order valence-corrected chi connectivity index (χ0v) is 22.7. The van der Waals surface area contributed by atoms with Gasteiger partial charge in [0.15, 0.2) is 0 Å². The minimum atomic E-state index is -3.63. The molecule has 3 aromatic heterocycles. The molecule has 1 aliphatic carbocycles. The van der Waals surface area contributed by atoms with Gasteiger partial charge >= 0.3 is 0 Å². The third kappa shape index (κ3) is 5.32. The van der Waals surface area contributed by atoms with E-state index in [0.717, 1.165) is 41.9 Å². The molecule has 1 saturated carbocycles. The van der Waals surface area contributed by atoms with E-state index in [1.807, 2.05) is 49.4 Å². The van der Waals surface area contributed by atoms with Gasteiger partial charge in [0.25, 0.3) is 0 Å². The molecule has 0 saturated heterocycles. The van der Waals surface area contributed by atoms with E-state index in [-0.39, 0.29) is 11.4 Å². The summed E-state index contributed by atoms with van der Waals surface area (Å²) < 4.78 is 59.8. The lowest BCUT2D eigenvalue weighted by molar-refractivity contribution is 0.373. The summed E-state index contributed by atoms with van der Waals surface area (Å²) >= 11 is 0. The van der Waals surface area contributed by atoms with E-state index in [0.29, 0.717) is 29.7 Å². The molecule has 0 bridgehead atoms. The lowest BCUT2D eigenvalue weighted by Crippen LogP contribution is -2.18. The average Bonchev–Trinajstić information content (AvgIpc) is 3.53. The Balaban J connectivity index is 1.39. The number of imidazole rings is 1. The number of hydrogen-bond donors (Lipinski definition) is 1. The number of aromatic nitrogens is 5. The first kappa shape index (κ1) is 26.1. The molecule has 6 rings (SSSR count). The molecule has 0 aliphatic heterocycles. The van der Waals surface area contributed by atoms with E-state index in [1.165, 1.54) is 12.1 Å². The van der Waals surface area contributed by atoms with Crippen LogP contribution in [0.2, 0.25) is 0 Å². The highest BCUT2D eigenvalue weighted by Crippen LogP contribution is 2.33. The molecule has 2 aromatic carbocycles. The Morgan fingerprint density at radius 2 is 1.85 bits per heavy atom. The predicted octanol–water partition coefficient (Wildman–Crippen LogP) is 4.69. The topological polar surface area (TPSA) is 97.9 Å². The molecule has 1 N–H and O–H groups in total. The summed E-state index contributed by atoms with van der Waals surface area (Å²) in [4.78, 5) is 11.2. The van der Waals surface area contributed by atoms with E-state index in [2.05, 4.69) is 24.7 Å². The van der Waals surface area contributed by atoms with Crippen LogP contribution >= 0.6 is 0 Å². The molecule has 0 unspecified atom stereocenters. The van der Waals surface area contributed by atoms with Crippen LogP contribution in [0.15, 0.2) is 67.3 Å². The van der Waals surface area contributed by atoms with E-state index >= 15 is 0 Å². The van der Waals surface area contributed by atoms with Crippen molar-refractivity contribution in [3.63, 3.8) is 0 Å². The number of halogens is 2. The molecule has 9 nitrogen and oxygen atoms in total. The number of hydrogen-bond acceptors (Lipinski definition) is 6. The van der Waals surface area contributed by atoms with Gasteiger partial charge in [0, 0.05) is 29.9 Å². The predicted molar refractivity (Wildman–Crippen MR) is 150 cm³/mol. The van der Waals surface area contributed by atoms with E-state index in [4.69, 9.17) is 0 Å². The Morgan fingerprint density at radius 3 is 2.60 bits per heavy atom. The van der Waals surface area contributed by atoms with Gasteiger partial charge in [-0.1, -0.05) is 6.07 Å². The second-order valence-corrected chi connectivity index (χ2v) is 12.1. The molecular weight excluding hydrogens is 536 g/mol. The summed E-state index contributed by atoms with van der Waals surface area (Å²) in [7, 11) is 0.400. The molecule has 1 fully saturated rings. The summed E-state index contributed by atoms with van der Waals surface area (Å²) in [5.41, 5.74) is 3.79. The normalized spacial score (nSPS) is 13.8. The number of pyridine rings is 1. The van der Waals surface area contributed by atoms with Gasteiger partial charge in [0.1, 0.15) is 29.6 Å². The highest BCUT2D eigenvalue weighted by Gasteiger charge is 2.36. The van der Waals surface area contributed by atoms with Crippen LogP contribution in [0, 0.1) is 11.6 Å². The van der Waals surface area contributed by atoms with Gasteiger partial charge in [-0.15, -0.1) is 0 Å². The van der Waals surface area contributed by atoms with Crippen LogP contribution in [0.3, 0.4) is 0 Å². The van der Waals surface area contributed by atoms with Gasteiger partial charge < -0.3 is 4.90 Å². The smallest absolute Gasteiger partial charge is 0.236 e. The fraction of sp³-hybridized carbons (Fsp3) is 0.250. The molecule has 12 heteroatoms. The summed E-state index contributed by atoms with van der Waals surface area (Å²) in [6.07, 6.45) is 6.55. The monoisotopic (exact) mass is 563 g/mol. The largest absolute Gasteiger partial charge is 0.308 e. The third-order valence-electron chi connectivity index (χ3n) is 6.80. The van der Waals surface area contributed by atoms with Crippen LogP contribution in [0.4, 0.5) is 14.6 Å². The van der Waals surface area contributed by atoms with Crippen LogP contribution in [-0.4, -0.2) is 63.5 Å². The van der Waals surface area contributed by atoms with Gasteiger partial charge in [-0.2, -0.15) is 5.10 Å². The first-order chi connectivity index (χ1) is 19.2. The number of rotatable bonds is 9. The number of nitrogens with zero attached hydrogens (tertiary/aromatic N) is 6. The van der Waals surface area contributed by atoms with Gasteiger partial charge in [-0.05, 0) is 74.5 Å². The van der Waals surface area contributed by atoms with Crippen molar-refractivity contribution in [1.29, 1.82) is 0 Å². The molecule has 5 aromatic rings. The van der Waals surface area contributed by atoms with E-state index in [9.17, 15) is 17.2 Å². The van der Waals surface area contributed by atoms with Crippen LogP contribution in [0.25, 0.3) is 39.1 Å². The first-order valence-corrected chi connectivity index (χ1v) is 14.3. The Kier molecular flexibility index (Phi) is 6.59. The van der Waals surface area contributed by atoms with Crippen molar-refractivity contribution in [2.75, 3.05) is 25.4 Å². The number of benzene rings is 2. The first-order valence-electron chi connectivity index (χ1n) is 12.8.